The molecule has 0 saturated heterocycles. The third kappa shape index (κ3) is 1.09. The zero-order chi connectivity index (χ0) is 7.90. The largest absolute Gasteiger partial charge is 0.0625 e. The fraction of sp³-hybridized carbons (Fsp3) is 1.00. The van der Waals surface area contributed by atoms with E-state index in [1.807, 2.05) is 0 Å². The van der Waals surface area contributed by atoms with Crippen molar-refractivity contribution in [2.24, 2.45) is 17.7 Å². The van der Waals surface area contributed by atoms with Crippen LogP contribution in [-0.2, 0) is 0 Å². The van der Waals surface area contributed by atoms with Gasteiger partial charge in [-0.2, -0.15) is 0 Å². The zero-order valence-corrected chi connectivity index (χ0v) is 6.90. The molecule has 2 aliphatic rings. The number of rotatable bonds is 0. The molecule has 0 bridgehead atoms. The number of fused-ring (bicyclic) bond motifs is 1. The lowest BCUT2D eigenvalue weighted by molar-refractivity contribution is 0.277. The van der Waals surface area contributed by atoms with E-state index >= 15 is 0 Å². The van der Waals surface area contributed by atoms with Crippen LogP contribution in [0.5, 0.6) is 0 Å². The highest BCUT2D eigenvalue weighted by atomic mass is 14.4. The van der Waals surface area contributed by atoms with Crippen LogP contribution in [0.2, 0.25) is 0 Å². The second-order valence-electron chi connectivity index (χ2n) is 4.17. The van der Waals surface area contributed by atoms with Crippen LogP contribution in [0.15, 0.2) is 0 Å². The molecule has 2 saturated carbocycles. The highest BCUT2D eigenvalue weighted by Gasteiger charge is 2.32. The molecule has 2 rings (SSSR count). The maximum atomic E-state index is 7.98. The lowest BCUT2D eigenvalue weighted by Crippen LogP contribution is -2.12. The molecule has 0 amide bonds. The summed E-state index contributed by atoms with van der Waals surface area (Å²) in [6.45, 7) is 2.12. The Morgan fingerprint density at radius 1 is 1.10 bits per heavy atom. The summed E-state index contributed by atoms with van der Waals surface area (Å²) in [7, 11) is 0. The summed E-state index contributed by atoms with van der Waals surface area (Å²) in [4.78, 5) is 0. The first-order chi connectivity index (χ1) is 5.17. The van der Waals surface area contributed by atoms with Gasteiger partial charge in [0.15, 0.2) is 0 Å². The third-order valence-electron chi connectivity index (χ3n) is 3.29. The van der Waals surface area contributed by atoms with Gasteiger partial charge in [0.2, 0.25) is 0 Å². The predicted octanol–water partition coefficient (Wildman–Crippen LogP) is 3.22. The molecule has 0 radical (unpaired) electrons. The molecule has 2 aliphatic carbocycles. The summed E-state index contributed by atoms with van der Waals surface area (Å²) in [6, 6.07) is 0. The number of hydrogen-bond acceptors (Lipinski definition) is 0. The van der Waals surface area contributed by atoms with Gasteiger partial charge in [0.1, 0.15) is 0 Å². The highest BCUT2D eigenvalue weighted by Crippen LogP contribution is 2.44. The molecule has 0 aromatic heterocycles. The van der Waals surface area contributed by atoms with Gasteiger partial charge in [0.05, 0.1) is 0 Å². The quantitative estimate of drug-likeness (QED) is 0.483. The molecular formula is C10H18. The van der Waals surface area contributed by atoms with Gasteiger partial charge in [-0.1, -0.05) is 32.6 Å². The second kappa shape index (κ2) is 2.56. The van der Waals surface area contributed by atoms with E-state index in [0.717, 1.165) is 11.8 Å². The van der Waals surface area contributed by atoms with Crippen molar-refractivity contribution < 1.29 is 1.37 Å². The first kappa shape index (κ1) is 5.62. The van der Waals surface area contributed by atoms with Gasteiger partial charge in [-0.05, 0) is 30.6 Å². The Morgan fingerprint density at radius 3 is 2.10 bits per heavy atom. The van der Waals surface area contributed by atoms with E-state index in [1.165, 1.54) is 38.5 Å². The lowest BCUT2D eigenvalue weighted by atomic mass is 9.82. The van der Waals surface area contributed by atoms with E-state index in [-0.39, 0.29) is 5.89 Å². The van der Waals surface area contributed by atoms with Crippen LogP contribution in [-0.4, -0.2) is 0 Å². The topological polar surface area (TPSA) is 0 Å². The van der Waals surface area contributed by atoms with E-state index in [0.29, 0.717) is 0 Å². The molecule has 0 heterocycles. The van der Waals surface area contributed by atoms with E-state index in [2.05, 4.69) is 6.92 Å². The second-order valence-corrected chi connectivity index (χ2v) is 4.17. The van der Waals surface area contributed by atoms with E-state index in [9.17, 15) is 0 Å². The van der Waals surface area contributed by atoms with Crippen molar-refractivity contribution in [3.05, 3.63) is 0 Å². The molecule has 2 fully saturated rings. The summed E-state index contributed by atoms with van der Waals surface area (Å²) in [5.41, 5.74) is 0. The van der Waals surface area contributed by atoms with Crippen molar-refractivity contribution in [3.8, 4) is 0 Å². The molecule has 58 valence electrons. The van der Waals surface area contributed by atoms with Gasteiger partial charge < -0.3 is 0 Å². The molecule has 2 atom stereocenters. The summed E-state index contributed by atoms with van der Waals surface area (Å²) in [6.07, 6.45) is 8.04. The van der Waals surface area contributed by atoms with Gasteiger partial charge >= 0.3 is 0 Å². The highest BCUT2D eigenvalue weighted by molar-refractivity contribution is 4.84. The van der Waals surface area contributed by atoms with Gasteiger partial charge in [0.25, 0.3) is 0 Å². The van der Waals surface area contributed by atoms with Crippen molar-refractivity contribution in [2.75, 3.05) is 0 Å². The normalized spacial score (nSPS) is 55.9. The summed E-state index contributed by atoms with van der Waals surface area (Å²) >= 11 is 0. The van der Waals surface area contributed by atoms with Gasteiger partial charge in [-0.15, -0.1) is 0 Å². The van der Waals surface area contributed by atoms with Crippen LogP contribution in [0, 0.1) is 17.7 Å². The van der Waals surface area contributed by atoms with Crippen LogP contribution in [0.3, 0.4) is 0 Å². The predicted molar refractivity (Wildman–Crippen MR) is 43.8 cm³/mol. The minimum atomic E-state index is -0.0698. The van der Waals surface area contributed by atoms with Crippen LogP contribution in [0.25, 0.3) is 0 Å². The van der Waals surface area contributed by atoms with Crippen LogP contribution in [0.4, 0.5) is 0 Å². The molecule has 10 heavy (non-hydrogen) atoms. The number of hydrogen-bond donors (Lipinski definition) is 0. The maximum Gasteiger partial charge on any atom is 0.0300 e. The van der Waals surface area contributed by atoms with Crippen molar-refractivity contribution in [1.29, 1.82) is 0 Å². The van der Waals surface area contributed by atoms with E-state index in [4.69, 9.17) is 1.37 Å². The fourth-order valence-corrected chi connectivity index (χ4v) is 2.80. The lowest BCUT2D eigenvalue weighted by Gasteiger charge is -2.24. The minimum Gasteiger partial charge on any atom is -0.0625 e. The maximum absolute atomic E-state index is 7.98. The van der Waals surface area contributed by atoms with E-state index in [1.54, 1.807) is 0 Å². The average Bonchev–Trinajstić information content (AvgIpc) is 2.21. The standard InChI is InChI=1S/C10H18/c1-8-6-9-4-2-3-5-10(9)7-8/h8-10H,2-7H2,1H3/i8D. The Bertz CT molecular complexity index is 135. The molecule has 0 N–H and O–H groups in total. The smallest absolute Gasteiger partial charge is 0.0300 e. The summed E-state index contributed by atoms with van der Waals surface area (Å²) < 4.78 is 7.98. The molecule has 0 aliphatic heterocycles. The Kier molecular flexibility index (Phi) is 1.44. The Morgan fingerprint density at radius 2 is 1.60 bits per heavy atom. The first-order valence-corrected chi connectivity index (χ1v) is 4.67. The summed E-state index contributed by atoms with van der Waals surface area (Å²) in [5.74, 6) is 1.78. The van der Waals surface area contributed by atoms with Crippen molar-refractivity contribution in [2.45, 2.75) is 45.4 Å². The SMILES string of the molecule is [2H]C1(C)CC2CCCCC2C1. The molecule has 2 unspecified atom stereocenters. The monoisotopic (exact) mass is 139 g/mol. The van der Waals surface area contributed by atoms with Crippen LogP contribution in [0.1, 0.15) is 46.8 Å². The van der Waals surface area contributed by atoms with Crippen molar-refractivity contribution in [3.63, 3.8) is 0 Å². The Hall–Kier alpha value is 0. The van der Waals surface area contributed by atoms with Gasteiger partial charge in [-0.25, -0.2) is 0 Å². The van der Waals surface area contributed by atoms with Gasteiger partial charge in [0, 0.05) is 1.37 Å². The van der Waals surface area contributed by atoms with Crippen molar-refractivity contribution >= 4 is 0 Å². The zero-order valence-electron chi connectivity index (χ0n) is 7.90. The van der Waals surface area contributed by atoms with Crippen LogP contribution < -0.4 is 0 Å². The molecule has 0 spiro atoms. The van der Waals surface area contributed by atoms with Crippen molar-refractivity contribution in [1.82, 2.24) is 0 Å². The third-order valence-corrected chi connectivity index (χ3v) is 3.29. The molecular weight excluding hydrogens is 120 g/mol. The molecule has 0 nitrogen and oxygen atoms in total. The fourth-order valence-electron chi connectivity index (χ4n) is 2.80. The van der Waals surface area contributed by atoms with Crippen LogP contribution >= 0.6 is 0 Å². The molecule has 0 heteroatoms. The average molecular weight is 139 g/mol. The first-order valence-electron chi connectivity index (χ1n) is 5.17. The van der Waals surface area contributed by atoms with Gasteiger partial charge in [-0.3, -0.25) is 0 Å². The Balaban J connectivity index is 2.03. The summed E-state index contributed by atoms with van der Waals surface area (Å²) in [5, 5.41) is 0. The molecule has 0 aromatic carbocycles. The molecule has 0 aromatic rings. The minimum absolute atomic E-state index is 0.0698. The van der Waals surface area contributed by atoms with E-state index < -0.39 is 0 Å². The Labute approximate surface area is 65.4 Å².